The Morgan fingerprint density at radius 2 is 2.23 bits per heavy atom. The lowest BCUT2D eigenvalue weighted by atomic mass is 10.1. The van der Waals surface area contributed by atoms with Crippen LogP contribution in [-0.4, -0.2) is 58.3 Å². The topological polar surface area (TPSA) is 86.6 Å². The quantitative estimate of drug-likeness (QED) is 0.838. The summed E-state index contributed by atoms with van der Waals surface area (Å²) in [5.41, 5.74) is 0. The van der Waals surface area contributed by atoms with Crippen molar-refractivity contribution in [2.75, 3.05) is 31.1 Å². The van der Waals surface area contributed by atoms with E-state index in [-0.39, 0.29) is 36.7 Å². The average Bonchev–Trinajstić information content (AvgIpc) is 3.10. The Hall–Kier alpha value is -1.54. The Balaban J connectivity index is 2.08. The summed E-state index contributed by atoms with van der Waals surface area (Å²) in [7, 11) is 0. The molecule has 0 aromatic carbocycles. The molecule has 8 heteroatoms. The van der Waals surface area contributed by atoms with Crippen LogP contribution in [0.15, 0.2) is 0 Å². The van der Waals surface area contributed by atoms with Crippen LogP contribution in [0.5, 0.6) is 0 Å². The van der Waals surface area contributed by atoms with E-state index >= 15 is 0 Å². The van der Waals surface area contributed by atoms with Crippen molar-refractivity contribution < 1.29 is 14.7 Å². The number of aliphatic hydroxyl groups is 1. The van der Waals surface area contributed by atoms with E-state index in [0.717, 1.165) is 5.01 Å². The standard InChI is InChI=1S/C14H22N4O3S/c1-4-17(5-6-19)13(21)10-7-11(20)18(8-10)14-16-15-12(22-14)9(2)3/h9-10,19H,4-8H2,1-3H3. The molecule has 122 valence electrons. The third-order valence-electron chi connectivity index (χ3n) is 3.69. The summed E-state index contributed by atoms with van der Waals surface area (Å²) in [6.45, 7) is 7.01. The Kier molecular flexibility index (Phi) is 5.47. The summed E-state index contributed by atoms with van der Waals surface area (Å²) in [6.07, 6.45) is 0.192. The minimum Gasteiger partial charge on any atom is -0.395 e. The third-order valence-corrected chi connectivity index (χ3v) is 4.94. The molecule has 0 spiro atoms. The maximum atomic E-state index is 12.4. The molecule has 1 atom stereocenters. The molecular formula is C14H22N4O3S. The van der Waals surface area contributed by atoms with Crippen molar-refractivity contribution in [1.29, 1.82) is 0 Å². The van der Waals surface area contributed by atoms with E-state index in [1.807, 2.05) is 20.8 Å². The summed E-state index contributed by atoms with van der Waals surface area (Å²) in [5, 5.41) is 18.6. The van der Waals surface area contributed by atoms with Crippen LogP contribution in [0.1, 0.15) is 38.1 Å². The molecule has 22 heavy (non-hydrogen) atoms. The Morgan fingerprint density at radius 1 is 1.50 bits per heavy atom. The number of anilines is 1. The van der Waals surface area contributed by atoms with Crippen molar-refractivity contribution in [2.24, 2.45) is 5.92 Å². The number of carbonyl (C=O) groups excluding carboxylic acids is 2. The lowest BCUT2D eigenvalue weighted by molar-refractivity contribution is -0.136. The monoisotopic (exact) mass is 326 g/mol. The molecule has 2 rings (SSSR count). The van der Waals surface area contributed by atoms with Gasteiger partial charge in [0.1, 0.15) is 5.01 Å². The van der Waals surface area contributed by atoms with Gasteiger partial charge in [-0.3, -0.25) is 14.5 Å². The van der Waals surface area contributed by atoms with Gasteiger partial charge in [-0.1, -0.05) is 25.2 Å². The zero-order valence-electron chi connectivity index (χ0n) is 13.2. The minimum atomic E-state index is -0.370. The first-order valence-corrected chi connectivity index (χ1v) is 8.33. The van der Waals surface area contributed by atoms with Gasteiger partial charge in [0.15, 0.2) is 0 Å². The van der Waals surface area contributed by atoms with Crippen LogP contribution >= 0.6 is 11.3 Å². The van der Waals surface area contributed by atoms with Gasteiger partial charge in [0.05, 0.1) is 12.5 Å². The van der Waals surface area contributed by atoms with Crippen LogP contribution in [0.2, 0.25) is 0 Å². The maximum Gasteiger partial charge on any atom is 0.229 e. The second-order valence-corrected chi connectivity index (χ2v) is 6.61. The number of hydrogen-bond donors (Lipinski definition) is 1. The van der Waals surface area contributed by atoms with Gasteiger partial charge < -0.3 is 10.0 Å². The van der Waals surface area contributed by atoms with Gasteiger partial charge in [-0.05, 0) is 6.92 Å². The predicted molar refractivity (Wildman–Crippen MR) is 83.8 cm³/mol. The van der Waals surface area contributed by atoms with Crippen LogP contribution in [0.3, 0.4) is 0 Å². The normalized spacial score (nSPS) is 18.3. The first kappa shape index (κ1) is 16.8. The molecule has 2 amide bonds. The van der Waals surface area contributed by atoms with E-state index < -0.39 is 0 Å². The van der Waals surface area contributed by atoms with Crippen LogP contribution in [0.4, 0.5) is 5.13 Å². The number of aliphatic hydroxyl groups excluding tert-OH is 1. The van der Waals surface area contributed by atoms with Crippen molar-refractivity contribution in [1.82, 2.24) is 15.1 Å². The van der Waals surface area contributed by atoms with Crippen LogP contribution < -0.4 is 4.90 Å². The highest BCUT2D eigenvalue weighted by Crippen LogP contribution is 2.31. The number of rotatable bonds is 6. The van der Waals surface area contributed by atoms with Gasteiger partial charge in [-0.2, -0.15) is 0 Å². The molecule has 1 fully saturated rings. The zero-order chi connectivity index (χ0) is 16.3. The fraction of sp³-hybridized carbons (Fsp3) is 0.714. The van der Waals surface area contributed by atoms with Gasteiger partial charge >= 0.3 is 0 Å². The molecule has 0 radical (unpaired) electrons. The van der Waals surface area contributed by atoms with E-state index in [1.165, 1.54) is 11.3 Å². The molecule has 1 aromatic heterocycles. The highest BCUT2D eigenvalue weighted by molar-refractivity contribution is 7.15. The van der Waals surface area contributed by atoms with Crippen molar-refractivity contribution in [2.45, 2.75) is 33.1 Å². The number of amides is 2. The van der Waals surface area contributed by atoms with Crippen LogP contribution in [-0.2, 0) is 9.59 Å². The molecule has 2 heterocycles. The van der Waals surface area contributed by atoms with Crippen LogP contribution in [0.25, 0.3) is 0 Å². The van der Waals surface area contributed by atoms with Crippen molar-refractivity contribution in [3.63, 3.8) is 0 Å². The first-order valence-electron chi connectivity index (χ1n) is 7.51. The van der Waals surface area contributed by atoms with Crippen LogP contribution in [0, 0.1) is 5.92 Å². The maximum absolute atomic E-state index is 12.4. The Morgan fingerprint density at radius 3 is 2.77 bits per heavy atom. The molecule has 1 aliphatic rings. The smallest absolute Gasteiger partial charge is 0.229 e. The van der Waals surface area contributed by atoms with Gasteiger partial charge in [-0.15, -0.1) is 10.2 Å². The summed E-state index contributed by atoms with van der Waals surface area (Å²) in [4.78, 5) is 27.7. The summed E-state index contributed by atoms with van der Waals surface area (Å²) < 4.78 is 0. The van der Waals surface area contributed by atoms with Gasteiger partial charge in [-0.25, -0.2) is 0 Å². The predicted octanol–water partition coefficient (Wildman–Crippen LogP) is 0.855. The lowest BCUT2D eigenvalue weighted by Crippen LogP contribution is -2.39. The molecular weight excluding hydrogens is 304 g/mol. The lowest BCUT2D eigenvalue weighted by Gasteiger charge is -2.22. The molecule has 7 nitrogen and oxygen atoms in total. The summed E-state index contributed by atoms with van der Waals surface area (Å²) in [5.74, 6) is -0.280. The fourth-order valence-corrected chi connectivity index (χ4v) is 3.30. The zero-order valence-corrected chi connectivity index (χ0v) is 14.0. The van der Waals surface area contributed by atoms with Gasteiger partial charge in [0.2, 0.25) is 16.9 Å². The second kappa shape index (κ2) is 7.15. The summed E-state index contributed by atoms with van der Waals surface area (Å²) >= 11 is 1.40. The molecule has 0 bridgehead atoms. The fourth-order valence-electron chi connectivity index (χ4n) is 2.43. The molecule has 1 saturated heterocycles. The van der Waals surface area contributed by atoms with E-state index in [9.17, 15) is 9.59 Å². The molecule has 0 saturated carbocycles. The first-order chi connectivity index (χ1) is 10.5. The highest BCUT2D eigenvalue weighted by Gasteiger charge is 2.38. The Bertz CT molecular complexity index is 546. The molecule has 1 aromatic rings. The molecule has 1 N–H and O–H groups in total. The Labute approximate surface area is 133 Å². The van der Waals surface area contributed by atoms with Gasteiger partial charge in [0.25, 0.3) is 0 Å². The van der Waals surface area contributed by atoms with E-state index in [2.05, 4.69) is 10.2 Å². The third kappa shape index (κ3) is 3.44. The number of aromatic nitrogens is 2. The number of hydrogen-bond acceptors (Lipinski definition) is 6. The minimum absolute atomic E-state index is 0.0713. The molecule has 1 aliphatic heterocycles. The summed E-state index contributed by atoms with van der Waals surface area (Å²) in [6, 6.07) is 0. The molecule has 0 aliphatic carbocycles. The van der Waals surface area contributed by atoms with E-state index in [1.54, 1.807) is 9.80 Å². The highest BCUT2D eigenvalue weighted by atomic mass is 32.1. The SMILES string of the molecule is CCN(CCO)C(=O)C1CC(=O)N(c2nnc(C(C)C)s2)C1. The van der Waals surface area contributed by atoms with Crippen molar-refractivity contribution >= 4 is 28.3 Å². The van der Waals surface area contributed by atoms with Crippen molar-refractivity contribution in [3.8, 4) is 0 Å². The van der Waals surface area contributed by atoms with E-state index in [4.69, 9.17) is 5.11 Å². The largest absolute Gasteiger partial charge is 0.395 e. The van der Waals surface area contributed by atoms with Gasteiger partial charge in [0, 0.05) is 32.0 Å². The molecule has 1 unspecified atom stereocenters. The average molecular weight is 326 g/mol. The second-order valence-electron chi connectivity index (χ2n) is 5.62. The van der Waals surface area contributed by atoms with E-state index in [0.29, 0.717) is 24.8 Å². The number of likely N-dealkylation sites (N-methyl/N-ethyl adjacent to an activating group) is 1. The number of carbonyl (C=O) groups is 2. The number of nitrogens with zero attached hydrogens (tertiary/aromatic N) is 4. The van der Waals surface area contributed by atoms with Crippen molar-refractivity contribution in [3.05, 3.63) is 5.01 Å².